The summed E-state index contributed by atoms with van der Waals surface area (Å²) < 4.78 is 5.77. The standard InChI is InChI=1S/C20H21NO7/c1-3-11-6-12(4-5-14(11)23)17-9-20(26,10-18(25)21(2)27)19-15(24)7-13(22)8-16(19)28-17/h4-9,22-24,26-27H,3,10H2,1-2H3. The first-order valence-electron chi connectivity index (χ1n) is 8.62. The number of rotatable bonds is 4. The van der Waals surface area contributed by atoms with Gasteiger partial charge in [-0.1, -0.05) is 6.92 Å². The minimum absolute atomic E-state index is 0.0305. The minimum atomic E-state index is -2.00. The van der Waals surface area contributed by atoms with Crippen LogP contribution in [0, 0.1) is 0 Å². The van der Waals surface area contributed by atoms with Crippen molar-refractivity contribution in [3.05, 3.63) is 53.1 Å². The second kappa shape index (κ2) is 7.06. The number of fused-ring (bicyclic) bond motifs is 1. The van der Waals surface area contributed by atoms with Gasteiger partial charge in [0.05, 0.1) is 12.0 Å². The topological polar surface area (TPSA) is 131 Å². The number of hydrogen-bond acceptors (Lipinski definition) is 7. The molecule has 148 valence electrons. The van der Waals surface area contributed by atoms with Crippen molar-refractivity contribution in [3.63, 3.8) is 0 Å². The molecule has 5 N–H and O–H groups in total. The van der Waals surface area contributed by atoms with E-state index in [1.165, 1.54) is 18.2 Å². The van der Waals surface area contributed by atoms with E-state index < -0.39 is 23.7 Å². The first kappa shape index (κ1) is 19.5. The van der Waals surface area contributed by atoms with Crippen molar-refractivity contribution in [2.24, 2.45) is 0 Å². The molecule has 1 unspecified atom stereocenters. The lowest BCUT2D eigenvalue weighted by Crippen LogP contribution is -2.35. The Morgan fingerprint density at radius 2 is 1.86 bits per heavy atom. The summed E-state index contributed by atoms with van der Waals surface area (Å²) >= 11 is 0. The molecule has 8 heteroatoms. The van der Waals surface area contributed by atoms with Crippen LogP contribution in [0.3, 0.4) is 0 Å². The molecule has 1 aliphatic rings. The summed E-state index contributed by atoms with van der Waals surface area (Å²) in [6, 6.07) is 6.97. The van der Waals surface area contributed by atoms with E-state index in [0.717, 1.165) is 13.1 Å². The van der Waals surface area contributed by atoms with E-state index in [1.807, 2.05) is 6.92 Å². The van der Waals surface area contributed by atoms with E-state index in [2.05, 4.69) is 0 Å². The lowest BCUT2D eigenvalue weighted by atomic mass is 9.85. The Kier molecular flexibility index (Phi) is 4.93. The van der Waals surface area contributed by atoms with Crippen LogP contribution in [0.4, 0.5) is 0 Å². The molecule has 0 aromatic heterocycles. The van der Waals surface area contributed by atoms with Crippen molar-refractivity contribution in [2.75, 3.05) is 7.05 Å². The maximum Gasteiger partial charge on any atom is 0.249 e. The van der Waals surface area contributed by atoms with Crippen LogP contribution < -0.4 is 4.74 Å². The maximum atomic E-state index is 12.1. The summed E-state index contributed by atoms with van der Waals surface area (Å²) in [6.45, 7) is 1.87. The lowest BCUT2D eigenvalue weighted by Gasteiger charge is -2.33. The fourth-order valence-electron chi connectivity index (χ4n) is 3.19. The monoisotopic (exact) mass is 387 g/mol. The highest BCUT2D eigenvalue weighted by Gasteiger charge is 2.41. The average Bonchev–Trinajstić information content (AvgIpc) is 2.60. The Labute approximate surface area is 161 Å². The molecule has 8 nitrogen and oxygen atoms in total. The molecule has 2 aromatic carbocycles. The molecule has 1 atom stereocenters. The average molecular weight is 387 g/mol. The molecule has 0 radical (unpaired) electrons. The largest absolute Gasteiger partial charge is 0.508 e. The highest BCUT2D eigenvalue weighted by Crippen LogP contribution is 2.48. The predicted octanol–water partition coefficient (Wildman–Crippen LogP) is 2.22. The van der Waals surface area contributed by atoms with Crippen LogP contribution in [0.1, 0.15) is 30.0 Å². The highest BCUT2D eigenvalue weighted by atomic mass is 16.5. The number of aryl methyl sites for hydroxylation is 1. The van der Waals surface area contributed by atoms with E-state index in [0.29, 0.717) is 22.6 Å². The molecule has 0 fully saturated rings. The zero-order valence-electron chi connectivity index (χ0n) is 15.4. The fourth-order valence-corrected chi connectivity index (χ4v) is 3.19. The van der Waals surface area contributed by atoms with Crippen molar-refractivity contribution >= 4 is 11.7 Å². The first-order chi connectivity index (χ1) is 13.1. The van der Waals surface area contributed by atoms with E-state index >= 15 is 0 Å². The Balaban J connectivity index is 2.16. The third-order valence-corrected chi connectivity index (χ3v) is 4.62. The number of aliphatic hydroxyl groups is 1. The summed E-state index contributed by atoms with van der Waals surface area (Å²) in [5, 5.41) is 50.9. The molecule has 0 bridgehead atoms. The molecule has 1 aliphatic heterocycles. The van der Waals surface area contributed by atoms with Gasteiger partial charge >= 0.3 is 0 Å². The van der Waals surface area contributed by atoms with Crippen LogP contribution in [0.2, 0.25) is 0 Å². The Morgan fingerprint density at radius 3 is 2.50 bits per heavy atom. The number of hydrogen-bond donors (Lipinski definition) is 5. The molecule has 1 amide bonds. The SMILES string of the molecule is CCc1cc(C2=CC(O)(CC(=O)N(C)O)c3c(O)cc(O)cc3O2)ccc1O. The molecule has 0 spiro atoms. The van der Waals surface area contributed by atoms with E-state index in [-0.39, 0.29) is 28.6 Å². The number of phenols is 3. The number of carbonyl (C=O) groups is 1. The first-order valence-corrected chi connectivity index (χ1v) is 8.62. The van der Waals surface area contributed by atoms with Crippen LogP contribution in [0.5, 0.6) is 23.0 Å². The van der Waals surface area contributed by atoms with Gasteiger partial charge in [-0.15, -0.1) is 0 Å². The van der Waals surface area contributed by atoms with Gasteiger partial charge in [0.2, 0.25) is 5.91 Å². The molecule has 0 saturated heterocycles. The Hall–Kier alpha value is -3.23. The van der Waals surface area contributed by atoms with E-state index in [1.54, 1.807) is 12.1 Å². The van der Waals surface area contributed by atoms with Gasteiger partial charge in [0, 0.05) is 24.7 Å². The summed E-state index contributed by atoms with van der Waals surface area (Å²) in [4.78, 5) is 12.1. The van der Waals surface area contributed by atoms with Crippen molar-refractivity contribution < 1.29 is 35.2 Å². The van der Waals surface area contributed by atoms with Gasteiger partial charge in [-0.3, -0.25) is 10.0 Å². The molecule has 3 rings (SSSR count). The fraction of sp³-hybridized carbons (Fsp3) is 0.250. The van der Waals surface area contributed by atoms with Crippen LogP contribution in [-0.2, 0) is 16.8 Å². The van der Waals surface area contributed by atoms with Crippen molar-refractivity contribution in [2.45, 2.75) is 25.4 Å². The molecular formula is C20H21NO7. The van der Waals surface area contributed by atoms with Gasteiger partial charge < -0.3 is 25.2 Å². The molecule has 1 heterocycles. The number of ether oxygens (including phenoxy) is 1. The molecule has 0 aliphatic carbocycles. The Bertz CT molecular complexity index is 967. The third kappa shape index (κ3) is 3.47. The number of carbonyl (C=O) groups excluding carboxylic acids is 1. The lowest BCUT2D eigenvalue weighted by molar-refractivity contribution is -0.163. The van der Waals surface area contributed by atoms with Crippen molar-refractivity contribution in [3.8, 4) is 23.0 Å². The highest BCUT2D eigenvalue weighted by molar-refractivity contribution is 5.79. The number of amides is 1. The number of phenolic OH excluding ortho intramolecular Hbond substituents is 3. The van der Waals surface area contributed by atoms with Gasteiger partial charge in [-0.2, -0.15) is 0 Å². The zero-order chi connectivity index (χ0) is 20.6. The number of aromatic hydroxyl groups is 3. The third-order valence-electron chi connectivity index (χ3n) is 4.62. The van der Waals surface area contributed by atoms with Crippen molar-refractivity contribution in [1.29, 1.82) is 0 Å². The van der Waals surface area contributed by atoms with Gasteiger partial charge in [0.1, 0.15) is 34.4 Å². The number of hydroxylamine groups is 2. The number of nitrogens with zero attached hydrogens (tertiary/aromatic N) is 1. The van der Waals surface area contributed by atoms with E-state index in [4.69, 9.17) is 4.74 Å². The normalized spacial score (nSPS) is 18.1. The minimum Gasteiger partial charge on any atom is -0.508 e. The quantitative estimate of drug-likeness (QED) is 0.402. The molecule has 2 aromatic rings. The summed E-state index contributed by atoms with van der Waals surface area (Å²) in [5.41, 5.74) is -0.926. The smallest absolute Gasteiger partial charge is 0.249 e. The molecule has 28 heavy (non-hydrogen) atoms. The van der Waals surface area contributed by atoms with Gasteiger partial charge in [0.25, 0.3) is 0 Å². The van der Waals surface area contributed by atoms with Crippen molar-refractivity contribution in [1.82, 2.24) is 5.06 Å². The van der Waals surface area contributed by atoms with Gasteiger partial charge in [0.15, 0.2) is 0 Å². The molecular weight excluding hydrogens is 366 g/mol. The van der Waals surface area contributed by atoms with Gasteiger partial charge in [-0.25, -0.2) is 5.06 Å². The summed E-state index contributed by atoms with van der Waals surface area (Å²) in [6.07, 6.45) is 1.25. The summed E-state index contributed by atoms with van der Waals surface area (Å²) in [5.74, 6) is -1.28. The second-order valence-corrected chi connectivity index (χ2v) is 6.66. The van der Waals surface area contributed by atoms with Crippen LogP contribution >= 0.6 is 0 Å². The van der Waals surface area contributed by atoms with E-state index in [9.17, 15) is 30.4 Å². The van der Waals surface area contributed by atoms with Gasteiger partial charge in [-0.05, 0) is 36.3 Å². The van der Waals surface area contributed by atoms with Crippen LogP contribution in [0.25, 0.3) is 5.76 Å². The zero-order valence-corrected chi connectivity index (χ0v) is 15.4. The predicted molar refractivity (Wildman–Crippen MR) is 98.9 cm³/mol. The maximum absolute atomic E-state index is 12.1. The van der Waals surface area contributed by atoms with Crippen LogP contribution in [0.15, 0.2) is 36.4 Å². The second-order valence-electron chi connectivity index (χ2n) is 6.66. The summed E-state index contributed by atoms with van der Waals surface area (Å²) in [7, 11) is 1.13. The number of benzene rings is 2. The molecule has 0 saturated carbocycles. The Morgan fingerprint density at radius 1 is 1.14 bits per heavy atom. The van der Waals surface area contributed by atoms with Crippen LogP contribution in [-0.4, -0.2) is 43.7 Å².